The van der Waals surface area contributed by atoms with E-state index in [2.05, 4.69) is 10.3 Å². The van der Waals surface area contributed by atoms with Crippen LogP contribution in [0.1, 0.15) is 45.7 Å². The molecule has 4 rings (SSSR count). The molecule has 210 valence electrons. The number of hydrogen-bond acceptors (Lipinski definition) is 5. The molecule has 0 spiro atoms. The molecule has 0 aliphatic carbocycles. The lowest BCUT2D eigenvalue weighted by molar-refractivity contribution is -0.120. The van der Waals surface area contributed by atoms with Crippen molar-refractivity contribution in [2.75, 3.05) is 19.0 Å². The van der Waals surface area contributed by atoms with E-state index in [1.54, 1.807) is 24.4 Å². The number of benzene rings is 2. The van der Waals surface area contributed by atoms with Crippen molar-refractivity contribution in [1.82, 2.24) is 9.55 Å². The Bertz CT molecular complexity index is 1600. The topological polar surface area (TPSA) is 102 Å². The summed E-state index contributed by atoms with van der Waals surface area (Å²) in [6.45, 7) is 7.56. The molecule has 4 aromatic rings. The van der Waals surface area contributed by atoms with Crippen molar-refractivity contribution in [3.05, 3.63) is 81.9 Å². The first kappa shape index (κ1) is 29.1. The van der Waals surface area contributed by atoms with Gasteiger partial charge in [0.25, 0.3) is 5.56 Å². The van der Waals surface area contributed by atoms with Gasteiger partial charge in [0.2, 0.25) is 5.91 Å². The van der Waals surface area contributed by atoms with Gasteiger partial charge in [-0.3, -0.25) is 19.0 Å². The Balaban J connectivity index is 1.76. The summed E-state index contributed by atoms with van der Waals surface area (Å²) in [5.41, 5.74) is 2.54. The van der Waals surface area contributed by atoms with Gasteiger partial charge in [-0.05, 0) is 69.2 Å². The minimum atomic E-state index is -0.886. The Morgan fingerprint density at radius 2 is 1.88 bits per heavy atom. The lowest BCUT2D eigenvalue weighted by Crippen LogP contribution is -2.34. The number of Topliss-reactive ketones (excluding diaryl/α,β-unsaturated/α-hetero) is 1. The fourth-order valence-electron chi connectivity index (χ4n) is 4.65. The zero-order valence-electron chi connectivity index (χ0n) is 23.3. The Kier molecular flexibility index (Phi) is 8.81. The summed E-state index contributed by atoms with van der Waals surface area (Å²) < 4.78 is 13.0. The number of hydrogen-bond donors (Lipinski definition) is 2. The first-order valence-corrected chi connectivity index (χ1v) is 13.4. The highest BCUT2D eigenvalue weighted by Gasteiger charge is 2.26. The summed E-state index contributed by atoms with van der Waals surface area (Å²) >= 11 is 6.29. The van der Waals surface area contributed by atoms with Crippen LogP contribution in [0.5, 0.6) is 5.75 Å². The van der Waals surface area contributed by atoms with Crippen LogP contribution in [-0.4, -0.2) is 40.6 Å². The minimum absolute atomic E-state index is 0.0242. The van der Waals surface area contributed by atoms with Crippen LogP contribution in [0.3, 0.4) is 0 Å². The molecule has 0 aliphatic heterocycles. The molecule has 40 heavy (non-hydrogen) atoms. The predicted octanol–water partition coefficient (Wildman–Crippen LogP) is 6.18. The van der Waals surface area contributed by atoms with Crippen LogP contribution in [0.25, 0.3) is 22.0 Å². The highest BCUT2D eigenvalue weighted by atomic mass is 35.5. The molecule has 0 fully saturated rings. The number of ether oxygens (including phenoxy) is 2. The molecule has 1 unspecified atom stereocenters. The number of carbonyl (C=O) groups is 2. The van der Waals surface area contributed by atoms with E-state index in [-0.39, 0.29) is 31.1 Å². The molecule has 1 atom stereocenters. The maximum atomic E-state index is 13.7. The smallest absolute Gasteiger partial charge is 0.252 e. The first-order chi connectivity index (χ1) is 19.0. The van der Waals surface area contributed by atoms with Crippen LogP contribution < -0.4 is 15.6 Å². The quantitative estimate of drug-likeness (QED) is 0.240. The third-order valence-electron chi connectivity index (χ3n) is 6.48. The number of nitrogens with zero attached hydrogens (tertiary/aromatic N) is 1. The van der Waals surface area contributed by atoms with Crippen molar-refractivity contribution in [3.8, 4) is 16.9 Å². The molecule has 9 heteroatoms. The first-order valence-electron chi connectivity index (χ1n) is 13.1. The molecular formula is C31H34ClN3O5. The molecule has 1 amide bonds. The number of pyridine rings is 1. The van der Waals surface area contributed by atoms with Crippen molar-refractivity contribution in [2.24, 2.45) is 0 Å². The Morgan fingerprint density at radius 1 is 1.10 bits per heavy atom. The highest BCUT2D eigenvalue weighted by Crippen LogP contribution is 2.34. The van der Waals surface area contributed by atoms with E-state index in [4.69, 9.17) is 21.1 Å². The standard InChI is InChI=1S/C31H34ClN3O5/c1-19(36)15-20-9-10-21(32)16-23(20)24-17-29(37)35(18-28(24)39-5)27(12-14-40-31(2,3)4)30(38)34-26-8-6-7-25-22(26)11-13-33-25/h6-11,13,16-18,27,33H,12,14-15H2,1-5H3,(H,34,38). The van der Waals surface area contributed by atoms with E-state index in [1.807, 2.05) is 45.0 Å². The van der Waals surface area contributed by atoms with Crippen molar-refractivity contribution >= 4 is 39.9 Å². The number of aromatic nitrogens is 2. The number of H-pyrrole nitrogens is 1. The maximum absolute atomic E-state index is 13.7. The summed E-state index contributed by atoms with van der Waals surface area (Å²) in [6.07, 6.45) is 3.77. The molecule has 0 saturated carbocycles. The van der Waals surface area contributed by atoms with Crippen molar-refractivity contribution in [3.63, 3.8) is 0 Å². The average molecular weight is 564 g/mol. The SMILES string of the molecule is COc1cn(C(CCOC(C)(C)C)C(=O)Nc2cccc3[nH]ccc23)c(=O)cc1-c1cc(Cl)ccc1CC(C)=O. The van der Waals surface area contributed by atoms with Crippen LogP contribution in [0, 0.1) is 0 Å². The predicted molar refractivity (Wildman–Crippen MR) is 158 cm³/mol. The second-order valence-corrected chi connectivity index (χ2v) is 11.1. The van der Waals surface area contributed by atoms with Gasteiger partial charge >= 0.3 is 0 Å². The van der Waals surface area contributed by atoms with E-state index in [0.717, 1.165) is 16.5 Å². The Labute approximate surface area is 238 Å². The maximum Gasteiger partial charge on any atom is 0.252 e. The van der Waals surface area contributed by atoms with Gasteiger partial charge in [0.15, 0.2) is 0 Å². The molecular weight excluding hydrogens is 530 g/mol. The third kappa shape index (κ3) is 6.81. The largest absolute Gasteiger partial charge is 0.495 e. The fraction of sp³-hybridized carbons (Fsp3) is 0.323. The summed E-state index contributed by atoms with van der Waals surface area (Å²) in [5, 5.41) is 4.32. The molecule has 2 N–H and O–H groups in total. The van der Waals surface area contributed by atoms with Gasteiger partial charge < -0.3 is 19.8 Å². The molecule has 0 aliphatic rings. The molecule has 0 radical (unpaired) electrons. The van der Waals surface area contributed by atoms with Gasteiger partial charge in [-0.25, -0.2) is 0 Å². The summed E-state index contributed by atoms with van der Waals surface area (Å²) in [4.78, 5) is 42.4. The number of methoxy groups -OCH3 is 1. The number of rotatable bonds is 10. The molecule has 0 bridgehead atoms. The lowest BCUT2D eigenvalue weighted by atomic mass is 9.96. The molecule has 0 saturated heterocycles. The summed E-state index contributed by atoms with van der Waals surface area (Å²) in [6, 6.07) is 13.2. The van der Waals surface area contributed by atoms with Crippen LogP contribution in [0.4, 0.5) is 5.69 Å². The van der Waals surface area contributed by atoms with Crippen molar-refractivity contribution in [2.45, 2.75) is 52.2 Å². The third-order valence-corrected chi connectivity index (χ3v) is 6.72. The fourth-order valence-corrected chi connectivity index (χ4v) is 4.82. The normalized spacial score (nSPS) is 12.3. The number of fused-ring (bicyclic) bond motifs is 1. The number of aromatic amines is 1. The monoisotopic (exact) mass is 563 g/mol. The second kappa shape index (κ2) is 12.1. The van der Waals surface area contributed by atoms with Gasteiger partial charge in [0.05, 0.1) is 24.6 Å². The molecule has 2 aromatic carbocycles. The van der Waals surface area contributed by atoms with E-state index < -0.39 is 17.2 Å². The van der Waals surface area contributed by atoms with Gasteiger partial charge in [-0.2, -0.15) is 0 Å². The minimum Gasteiger partial charge on any atom is -0.495 e. The second-order valence-electron chi connectivity index (χ2n) is 10.7. The van der Waals surface area contributed by atoms with Crippen molar-refractivity contribution < 1.29 is 19.1 Å². The number of nitrogens with one attached hydrogen (secondary N) is 2. The number of halogens is 1. The molecule has 2 aromatic heterocycles. The Hall–Kier alpha value is -3.88. The highest BCUT2D eigenvalue weighted by molar-refractivity contribution is 6.31. The Morgan fingerprint density at radius 3 is 2.58 bits per heavy atom. The van der Waals surface area contributed by atoms with Crippen molar-refractivity contribution in [1.29, 1.82) is 0 Å². The summed E-state index contributed by atoms with van der Waals surface area (Å²) in [7, 11) is 1.49. The van der Waals surface area contributed by atoms with Gasteiger partial charge in [-0.15, -0.1) is 0 Å². The van der Waals surface area contributed by atoms with Crippen LogP contribution in [-0.2, 0) is 20.7 Å². The van der Waals surface area contributed by atoms with E-state index in [1.165, 1.54) is 30.9 Å². The van der Waals surface area contributed by atoms with Crippen LogP contribution >= 0.6 is 11.6 Å². The number of carbonyl (C=O) groups excluding carboxylic acids is 2. The van der Waals surface area contributed by atoms with Crippen LogP contribution in [0.15, 0.2) is 65.7 Å². The lowest BCUT2D eigenvalue weighted by Gasteiger charge is -2.24. The van der Waals surface area contributed by atoms with E-state index in [0.29, 0.717) is 27.6 Å². The summed E-state index contributed by atoms with van der Waals surface area (Å²) in [5.74, 6) is -0.0130. The molecule has 2 heterocycles. The van der Waals surface area contributed by atoms with E-state index >= 15 is 0 Å². The zero-order chi connectivity index (χ0) is 29.0. The number of anilines is 1. The average Bonchev–Trinajstić information content (AvgIpc) is 3.37. The number of ketones is 1. The molecule has 8 nitrogen and oxygen atoms in total. The van der Waals surface area contributed by atoms with Gasteiger partial charge in [0, 0.05) is 53.2 Å². The number of amides is 1. The van der Waals surface area contributed by atoms with Gasteiger partial charge in [-0.1, -0.05) is 23.7 Å². The zero-order valence-corrected chi connectivity index (χ0v) is 24.1. The van der Waals surface area contributed by atoms with E-state index in [9.17, 15) is 14.4 Å². The van der Waals surface area contributed by atoms with Gasteiger partial charge in [0.1, 0.15) is 17.6 Å². The van der Waals surface area contributed by atoms with Crippen LogP contribution in [0.2, 0.25) is 5.02 Å².